The molecule has 0 saturated carbocycles. The van der Waals surface area contributed by atoms with Crippen LogP contribution in [0.25, 0.3) is 6.08 Å². The standard InChI is InChI=1S/C19H22BrNO4S2/c1-3-25-15-9-8-14(20)11-13(15)12-16-18(23)21(19(26)27-16)10-6-4-5-7-17(22)24-2/h8-9,11-12H,3-7,10H2,1-2H3/b16-12+. The molecule has 2 rings (SSSR count). The fourth-order valence-electron chi connectivity index (χ4n) is 2.57. The van der Waals surface area contributed by atoms with Gasteiger partial charge in [-0.05, 0) is 44.0 Å². The molecule has 1 aromatic rings. The van der Waals surface area contributed by atoms with E-state index in [1.807, 2.05) is 31.2 Å². The first-order valence-corrected chi connectivity index (χ1v) is 10.7. The minimum Gasteiger partial charge on any atom is -0.493 e. The molecule has 27 heavy (non-hydrogen) atoms. The Kier molecular flexibility index (Phi) is 8.79. The van der Waals surface area contributed by atoms with Crippen LogP contribution in [0.3, 0.4) is 0 Å². The Balaban J connectivity index is 2.00. The molecule has 0 spiro atoms. The smallest absolute Gasteiger partial charge is 0.305 e. The highest BCUT2D eigenvalue weighted by atomic mass is 79.9. The lowest BCUT2D eigenvalue weighted by Gasteiger charge is -2.14. The largest absolute Gasteiger partial charge is 0.493 e. The van der Waals surface area contributed by atoms with Gasteiger partial charge in [0.1, 0.15) is 10.1 Å². The molecule has 146 valence electrons. The third kappa shape index (κ3) is 6.33. The van der Waals surface area contributed by atoms with Crippen molar-refractivity contribution in [2.24, 2.45) is 0 Å². The van der Waals surface area contributed by atoms with Gasteiger partial charge >= 0.3 is 5.97 Å². The van der Waals surface area contributed by atoms with E-state index in [4.69, 9.17) is 17.0 Å². The molecule has 1 aromatic carbocycles. The van der Waals surface area contributed by atoms with E-state index in [1.54, 1.807) is 4.90 Å². The molecular formula is C19H22BrNO4S2. The molecule has 0 N–H and O–H groups in total. The van der Waals surface area contributed by atoms with Crippen LogP contribution in [0, 0.1) is 0 Å². The zero-order valence-corrected chi connectivity index (χ0v) is 18.5. The lowest BCUT2D eigenvalue weighted by Crippen LogP contribution is -2.29. The van der Waals surface area contributed by atoms with Crippen molar-refractivity contribution in [1.82, 2.24) is 4.90 Å². The van der Waals surface area contributed by atoms with Crippen molar-refractivity contribution in [2.75, 3.05) is 20.3 Å². The number of ether oxygens (including phenoxy) is 2. The molecule has 1 fully saturated rings. The molecule has 0 unspecified atom stereocenters. The van der Waals surface area contributed by atoms with Crippen LogP contribution in [0.2, 0.25) is 0 Å². The highest BCUT2D eigenvalue weighted by Gasteiger charge is 2.31. The van der Waals surface area contributed by atoms with Crippen LogP contribution in [-0.2, 0) is 14.3 Å². The summed E-state index contributed by atoms with van der Waals surface area (Å²) in [5.41, 5.74) is 0.838. The monoisotopic (exact) mass is 471 g/mol. The summed E-state index contributed by atoms with van der Waals surface area (Å²) in [6.07, 6.45) is 4.60. The molecule has 0 radical (unpaired) electrons. The Morgan fingerprint density at radius 2 is 2.11 bits per heavy atom. The Morgan fingerprint density at radius 3 is 2.81 bits per heavy atom. The zero-order chi connectivity index (χ0) is 19.8. The van der Waals surface area contributed by atoms with E-state index in [0.717, 1.165) is 35.0 Å². The second-order valence-corrected chi connectivity index (χ2v) is 8.43. The van der Waals surface area contributed by atoms with Gasteiger partial charge in [0.15, 0.2) is 0 Å². The molecule has 1 heterocycles. The van der Waals surface area contributed by atoms with Crippen LogP contribution in [0.15, 0.2) is 27.6 Å². The number of nitrogens with zero attached hydrogens (tertiary/aromatic N) is 1. The SMILES string of the molecule is CCOc1ccc(Br)cc1/C=C1/SC(=S)N(CCCCCC(=O)OC)C1=O. The molecule has 0 aliphatic carbocycles. The summed E-state index contributed by atoms with van der Waals surface area (Å²) in [6.45, 7) is 3.03. The molecule has 1 aliphatic heterocycles. The van der Waals surface area contributed by atoms with E-state index >= 15 is 0 Å². The molecular weight excluding hydrogens is 450 g/mol. The predicted octanol–water partition coefficient (Wildman–Crippen LogP) is 4.78. The predicted molar refractivity (Wildman–Crippen MR) is 116 cm³/mol. The van der Waals surface area contributed by atoms with E-state index in [0.29, 0.717) is 28.8 Å². The normalized spacial score (nSPS) is 15.5. The Hall–Kier alpha value is -1.38. The van der Waals surface area contributed by atoms with E-state index in [-0.39, 0.29) is 11.9 Å². The van der Waals surface area contributed by atoms with Crippen molar-refractivity contribution < 1.29 is 19.1 Å². The fourth-order valence-corrected chi connectivity index (χ4v) is 4.25. The van der Waals surface area contributed by atoms with Crippen molar-refractivity contribution in [3.8, 4) is 5.75 Å². The van der Waals surface area contributed by atoms with Gasteiger partial charge in [-0.15, -0.1) is 0 Å². The summed E-state index contributed by atoms with van der Waals surface area (Å²) in [5.74, 6) is 0.442. The first-order valence-electron chi connectivity index (χ1n) is 8.70. The van der Waals surface area contributed by atoms with Crippen molar-refractivity contribution in [3.63, 3.8) is 0 Å². The average molecular weight is 472 g/mol. The lowest BCUT2D eigenvalue weighted by molar-refractivity contribution is -0.140. The van der Waals surface area contributed by atoms with Gasteiger partial charge in [-0.3, -0.25) is 14.5 Å². The third-order valence-electron chi connectivity index (χ3n) is 3.92. The van der Waals surface area contributed by atoms with Gasteiger partial charge in [-0.1, -0.05) is 46.3 Å². The zero-order valence-electron chi connectivity index (χ0n) is 15.3. The summed E-state index contributed by atoms with van der Waals surface area (Å²) in [5, 5.41) is 0. The molecule has 5 nitrogen and oxygen atoms in total. The lowest BCUT2D eigenvalue weighted by atomic mass is 10.1. The number of thioether (sulfide) groups is 1. The number of hydrogen-bond donors (Lipinski definition) is 0. The van der Waals surface area contributed by atoms with Crippen molar-refractivity contribution in [2.45, 2.75) is 32.6 Å². The van der Waals surface area contributed by atoms with E-state index < -0.39 is 0 Å². The first-order chi connectivity index (χ1) is 13.0. The molecule has 1 saturated heterocycles. The Morgan fingerprint density at radius 1 is 1.33 bits per heavy atom. The summed E-state index contributed by atoms with van der Waals surface area (Å²) in [6, 6.07) is 5.70. The second kappa shape index (κ2) is 10.8. The number of carbonyl (C=O) groups excluding carboxylic acids is 2. The number of unbranched alkanes of at least 4 members (excludes halogenated alkanes) is 2. The number of methoxy groups -OCH3 is 1. The fraction of sp³-hybridized carbons (Fsp3) is 0.421. The highest BCUT2D eigenvalue weighted by molar-refractivity contribution is 9.10. The molecule has 0 aromatic heterocycles. The van der Waals surface area contributed by atoms with Crippen LogP contribution in [0.1, 0.15) is 38.2 Å². The summed E-state index contributed by atoms with van der Waals surface area (Å²) in [7, 11) is 1.39. The van der Waals surface area contributed by atoms with Gasteiger partial charge in [0.2, 0.25) is 0 Å². The van der Waals surface area contributed by atoms with Crippen LogP contribution < -0.4 is 4.74 Å². The minimum atomic E-state index is -0.206. The van der Waals surface area contributed by atoms with Gasteiger partial charge < -0.3 is 9.47 Å². The number of rotatable bonds is 9. The number of amides is 1. The maximum absolute atomic E-state index is 12.7. The first kappa shape index (κ1) is 21.9. The van der Waals surface area contributed by atoms with Crippen molar-refractivity contribution in [1.29, 1.82) is 0 Å². The number of benzene rings is 1. The number of carbonyl (C=O) groups is 2. The van der Waals surface area contributed by atoms with E-state index in [9.17, 15) is 9.59 Å². The maximum atomic E-state index is 12.7. The summed E-state index contributed by atoms with van der Waals surface area (Å²) < 4.78 is 11.7. The maximum Gasteiger partial charge on any atom is 0.305 e. The quantitative estimate of drug-likeness (QED) is 0.223. The van der Waals surface area contributed by atoms with Gasteiger partial charge in [-0.25, -0.2) is 0 Å². The topological polar surface area (TPSA) is 55.8 Å². The van der Waals surface area contributed by atoms with E-state index in [1.165, 1.54) is 18.9 Å². The highest BCUT2D eigenvalue weighted by Crippen LogP contribution is 2.35. The van der Waals surface area contributed by atoms with Crippen LogP contribution in [0.5, 0.6) is 5.75 Å². The van der Waals surface area contributed by atoms with Crippen molar-refractivity contribution in [3.05, 3.63) is 33.1 Å². The van der Waals surface area contributed by atoms with Gasteiger partial charge in [-0.2, -0.15) is 0 Å². The van der Waals surface area contributed by atoms with Crippen LogP contribution in [-0.4, -0.2) is 41.4 Å². The van der Waals surface area contributed by atoms with Crippen molar-refractivity contribution >= 4 is 62.2 Å². The summed E-state index contributed by atoms with van der Waals surface area (Å²) in [4.78, 5) is 26.1. The van der Waals surface area contributed by atoms with E-state index in [2.05, 4.69) is 20.7 Å². The average Bonchev–Trinajstić information content (AvgIpc) is 2.90. The second-order valence-electron chi connectivity index (χ2n) is 5.84. The number of esters is 1. The molecule has 1 aliphatic rings. The molecule has 1 amide bonds. The Labute approximate surface area is 177 Å². The molecule has 8 heteroatoms. The molecule has 0 atom stereocenters. The van der Waals surface area contributed by atoms with Crippen LogP contribution >= 0.6 is 39.9 Å². The minimum absolute atomic E-state index is 0.0830. The number of hydrogen-bond acceptors (Lipinski definition) is 6. The van der Waals surface area contributed by atoms with Crippen LogP contribution in [0.4, 0.5) is 0 Å². The Bertz CT molecular complexity index is 751. The van der Waals surface area contributed by atoms with Gasteiger partial charge in [0.25, 0.3) is 5.91 Å². The number of thiocarbonyl (C=S) groups is 1. The number of halogens is 1. The third-order valence-corrected chi connectivity index (χ3v) is 5.79. The molecule has 0 bridgehead atoms. The summed E-state index contributed by atoms with van der Waals surface area (Å²) >= 11 is 10.1. The van der Waals surface area contributed by atoms with Gasteiger partial charge in [0, 0.05) is 23.0 Å². The van der Waals surface area contributed by atoms with Gasteiger partial charge in [0.05, 0.1) is 18.6 Å².